The molecule has 0 spiro atoms. The SMILES string of the molecule is Cc1ccc(N2C(=O)[C@@H](Cc3ccc(F)cc3)S/C2=C(\C#N)C(=O)NCc2ccccc2)cc1. The van der Waals surface area contributed by atoms with Crippen LogP contribution in [0.2, 0.25) is 0 Å². The zero-order chi connectivity index (χ0) is 24.1. The van der Waals surface area contributed by atoms with Crippen LogP contribution in [0, 0.1) is 24.1 Å². The summed E-state index contributed by atoms with van der Waals surface area (Å²) >= 11 is 1.19. The predicted octanol–water partition coefficient (Wildman–Crippen LogP) is 4.88. The monoisotopic (exact) mass is 471 g/mol. The maximum atomic E-state index is 13.5. The number of carbonyl (C=O) groups excluding carboxylic acids is 2. The summed E-state index contributed by atoms with van der Waals surface area (Å²) in [6.45, 7) is 2.20. The van der Waals surface area contributed by atoms with Gasteiger partial charge in [-0.2, -0.15) is 5.26 Å². The first-order valence-corrected chi connectivity index (χ1v) is 11.6. The van der Waals surface area contributed by atoms with Crippen molar-refractivity contribution in [1.29, 1.82) is 5.26 Å². The Labute approximate surface area is 201 Å². The molecular formula is C27H22FN3O2S. The molecule has 1 fully saturated rings. The van der Waals surface area contributed by atoms with Gasteiger partial charge in [-0.1, -0.05) is 71.9 Å². The van der Waals surface area contributed by atoms with Gasteiger partial charge in [0.05, 0.1) is 5.25 Å². The standard InChI is InChI=1S/C27H22FN3O2S/c1-18-7-13-22(14-8-18)31-26(33)24(15-19-9-11-21(28)12-10-19)34-27(31)23(16-29)25(32)30-17-20-5-3-2-4-6-20/h2-14,24H,15,17H2,1H3,(H,30,32)/b27-23+/t24-/m1/s1. The minimum absolute atomic E-state index is 0.114. The minimum Gasteiger partial charge on any atom is -0.347 e. The number of hydrogen-bond donors (Lipinski definition) is 1. The number of carbonyl (C=O) groups is 2. The van der Waals surface area contributed by atoms with E-state index in [1.165, 1.54) is 28.8 Å². The normalized spacial score (nSPS) is 16.8. The summed E-state index contributed by atoms with van der Waals surface area (Å²) in [5.74, 6) is -1.11. The summed E-state index contributed by atoms with van der Waals surface area (Å²) in [4.78, 5) is 27.9. The van der Waals surface area contributed by atoms with Crippen molar-refractivity contribution in [2.75, 3.05) is 4.90 Å². The van der Waals surface area contributed by atoms with Crippen LogP contribution in [0.15, 0.2) is 89.5 Å². The van der Waals surface area contributed by atoms with E-state index >= 15 is 0 Å². The quantitative estimate of drug-likeness (QED) is 0.411. The minimum atomic E-state index is -0.549. The molecule has 0 saturated carbocycles. The molecule has 0 unspecified atom stereocenters. The van der Waals surface area contributed by atoms with Gasteiger partial charge in [0.25, 0.3) is 5.91 Å². The maximum absolute atomic E-state index is 13.5. The van der Waals surface area contributed by atoms with Gasteiger partial charge >= 0.3 is 0 Å². The van der Waals surface area contributed by atoms with Gasteiger partial charge in [0.15, 0.2) is 0 Å². The molecule has 1 aliphatic heterocycles. The summed E-state index contributed by atoms with van der Waals surface area (Å²) in [5.41, 5.74) is 3.19. The molecule has 7 heteroatoms. The third-order valence-electron chi connectivity index (χ3n) is 5.43. The molecule has 170 valence electrons. The van der Waals surface area contributed by atoms with Gasteiger partial charge in [-0.05, 0) is 48.7 Å². The van der Waals surface area contributed by atoms with E-state index in [4.69, 9.17) is 0 Å². The van der Waals surface area contributed by atoms with Crippen LogP contribution in [0.3, 0.4) is 0 Å². The lowest BCUT2D eigenvalue weighted by Gasteiger charge is -2.19. The van der Waals surface area contributed by atoms with Crippen LogP contribution >= 0.6 is 11.8 Å². The second kappa shape index (κ2) is 10.4. The van der Waals surface area contributed by atoms with E-state index in [1.54, 1.807) is 24.3 Å². The molecule has 34 heavy (non-hydrogen) atoms. The number of thioether (sulfide) groups is 1. The third kappa shape index (κ3) is 5.19. The molecule has 2 amide bonds. The van der Waals surface area contributed by atoms with Gasteiger partial charge in [0, 0.05) is 12.2 Å². The first-order chi connectivity index (χ1) is 16.5. The molecule has 0 radical (unpaired) electrons. The van der Waals surface area contributed by atoms with Crippen LogP contribution in [0.5, 0.6) is 0 Å². The Kier molecular flexibility index (Phi) is 7.09. The fourth-order valence-electron chi connectivity index (χ4n) is 3.62. The molecule has 1 N–H and O–H groups in total. The zero-order valence-electron chi connectivity index (χ0n) is 18.5. The average Bonchev–Trinajstić information content (AvgIpc) is 3.16. The van der Waals surface area contributed by atoms with Crippen molar-refractivity contribution in [3.05, 3.63) is 112 Å². The van der Waals surface area contributed by atoms with Crippen molar-refractivity contribution < 1.29 is 14.0 Å². The number of hydrogen-bond acceptors (Lipinski definition) is 4. The largest absolute Gasteiger partial charge is 0.347 e. The number of rotatable bonds is 6. The highest BCUT2D eigenvalue weighted by atomic mass is 32.2. The Morgan fingerprint density at radius 3 is 2.35 bits per heavy atom. The lowest BCUT2D eigenvalue weighted by molar-refractivity contribution is -0.117. The number of nitriles is 1. The summed E-state index contributed by atoms with van der Waals surface area (Å²) in [6.07, 6.45) is 0.347. The van der Waals surface area contributed by atoms with Crippen molar-refractivity contribution in [1.82, 2.24) is 5.32 Å². The summed E-state index contributed by atoms with van der Waals surface area (Å²) in [6, 6.07) is 24.7. The third-order valence-corrected chi connectivity index (χ3v) is 6.69. The van der Waals surface area contributed by atoms with Gasteiger partial charge in [-0.15, -0.1) is 0 Å². The number of aryl methyl sites for hydroxylation is 1. The van der Waals surface area contributed by atoms with E-state index in [-0.39, 0.29) is 23.8 Å². The highest BCUT2D eigenvalue weighted by molar-refractivity contribution is 8.05. The van der Waals surface area contributed by atoms with E-state index in [0.29, 0.717) is 17.1 Å². The average molecular weight is 472 g/mol. The van der Waals surface area contributed by atoms with Crippen LogP contribution in [-0.4, -0.2) is 17.1 Å². The van der Waals surface area contributed by atoms with Crippen molar-refractivity contribution in [3.8, 4) is 6.07 Å². The highest BCUT2D eigenvalue weighted by Crippen LogP contribution is 2.42. The van der Waals surface area contributed by atoms with Gasteiger partial charge in [-0.3, -0.25) is 14.5 Å². The van der Waals surface area contributed by atoms with Crippen LogP contribution in [-0.2, 0) is 22.6 Å². The molecule has 3 aromatic carbocycles. The van der Waals surface area contributed by atoms with Crippen LogP contribution in [0.4, 0.5) is 10.1 Å². The Hall–Kier alpha value is -3.89. The van der Waals surface area contributed by atoms with Crippen molar-refractivity contribution >= 4 is 29.3 Å². The fraction of sp³-hybridized carbons (Fsp3) is 0.148. The number of halogens is 1. The number of benzene rings is 3. The van der Waals surface area contributed by atoms with Crippen molar-refractivity contribution in [2.24, 2.45) is 0 Å². The predicted molar refractivity (Wildman–Crippen MR) is 131 cm³/mol. The summed E-state index contributed by atoms with van der Waals surface area (Å²) < 4.78 is 13.3. The van der Waals surface area contributed by atoms with E-state index in [0.717, 1.165) is 16.7 Å². The first kappa shape index (κ1) is 23.3. The molecule has 1 saturated heterocycles. The van der Waals surface area contributed by atoms with Gasteiger partial charge in [-0.25, -0.2) is 4.39 Å². The topological polar surface area (TPSA) is 73.2 Å². The van der Waals surface area contributed by atoms with Crippen LogP contribution in [0.1, 0.15) is 16.7 Å². The Morgan fingerprint density at radius 2 is 1.71 bits per heavy atom. The van der Waals surface area contributed by atoms with Crippen molar-refractivity contribution in [2.45, 2.75) is 25.1 Å². The van der Waals surface area contributed by atoms with E-state index in [9.17, 15) is 19.2 Å². The van der Waals surface area contributed by atoms with Gasteiger partial charge in [0.1, 0.15) is 22.5 Å². The molecular weight excluding hydrogens is 449 g/mol. The molecule has 4 rings (SSSR count). The first-order valence-electron chi connectivity index (χ1n) is 10.7. The molecule has 1 atom stereocenters. The van der Waals surface area contributed by atoms with E-state index in [1.807, 2.05) is 55.5 Å². The molecule has 0 aromatic heterocycles. The summed E-state index contributed by atoms with van der Waals surface area (Å²) in [7, 11) is 0. The maximum Gasteiger partial charge on any atom is 0.264 e. The number of anilines is 1. The second-order valence-electron chi connectivity index (χ2n) is 7.91. The van der Waals surface area contributed by atoms with Gasteiger partial charge in [0.2, 0.25) is 5.91 Å². The molecule has 0 bridgehead atoms. The Bertz CT molecular complexity index is 1270. The molecule has 0 aliphatic carbocycles. The van der Waals surface area contributed by atoms with Gasteiger partial charge < -0.3 is 5.32 Å². The van der Waals surface area contributed by atoms with E-state index in [2.05, 4.69) is 5.32 Å². The van der Waals surface area contributed by atoms with E-state index < -0.39 is 11.2 Å². The van der Waals surface area contributed by atoms with Crippen LogP contribution < -0.4 is 10.2 Å². The highest BCUT2D eigenvalue weighted by Gasteiger charge is 2.40. The summed E-state index contributed by atoms with van der Waals surface area (Å²) in [5, 5.41) is 12.4. The lowest BCUT2D eigenvalue weighted by atomic mass is 10.1. The molecule has 1 heterocycles. The number of amides is 2. The fourth-order valence-corrected chi connectivity index (χ4v) is 4.93. The number of nitrogens with zero attached hydrogens (tertiary/aromatic N) is 2. The molecule has 1 aliphatic rings. The zero-order valence-corrected chi connectivity index (χ0v) is 19.3. The molecule has 5 nitrogen and oxygen atoms in total. The van der Waals surface area contributed by atoms with Crippen LogP contribution in [0.25, 0.3) is 0 Å². The Balaban J connectivity index is 1.66. The lowest BCUT2D eigenvalue weighted by Crippen LogP contribution is -2.32. The second-order valence-corrected chi connectivity index (χ2v) is 9.10. The molecule has 3 aromatic rings. The Morgan fingerprint density at radius 1 is 1.03 bits per heavy atom. The number of nitrogens with one attached hydrogen (secondary N) is 1. The smallest absolute Gasteiger partial charge is 0.264 e. The van der Waals surface area contributed by atoms with Crippen molar-refractivity contribution in [3.63, 3.8) is 0 Å².